The highest BCUT2D eigenvalue weighted by Crippen LogP contribution is 2.34. The summed E-state index contributed by atoms with van der Waals surface area (Å²) in [6, 6.07) is 13.8. The van der Waals surface area contributed by atoms with Gasteiger partial charge in [-0.15, -0.1) is 0 Å². The molecule has 4 aromatic rings. The van der Waals surface area contributed by atoms with E-state index in [1.165, 1.54) is 11.1 Å². The molecule has 3 N–H and O–H groups in total. The lowest BCUT2D eigenvalue weighted by Gasteiger charge is -2.31. The first-order valence-corrected chi connectivity index (χ1v) is 11.8. The molecule has 0 aliphatic carbocycles. The summed E-state index contributed by atoms with van der Waals surface area (Å²) in [6.07, 6.45) is 3.58. The molecule has 0 atom stereocenters. The Balaban J connectivity index is 0.000000967. The average Bonchev–Trinajstić information content (AvgIpc) is 3.37. The number of aromatic hydroxyl groups is 1. The number of phenolic OH excluding ortho intramolecular Hbond substituents is 1. The van der Waals surface area contributed by atoms with E-state index in [1.54, 1.807) is 13.2 Å². The minimum atomic E-state index is -0.250. The van der Waals surface area contributed by atoms with Gasteiger partial charge in [0, 0.05) is 25.8 Å². The predicted molar refractivity (Wildman–Crippen MR) is 138 cm³/mol. The largest absolute Gasteiger partial charge is 0.508 e. The number of nitrogens with zero attached hydrogens (tertiary/aromatic N) is 3. The van der Waals surface area contributed by atoms with E-state index in [9.17, 15) is 5.11 Å². The Bertz CT molecular complexity index is 1340. The number of nitrogens with one attached hydrogen (secondary N) is 1. The normalized spacial score (nSPS) is 12.6. The van der Waals surface area contributed by atoms with E-state index in [0.29, 0.717) is 13.2 Å². The summed E-state index contributed by atoms with van der Waals surface area (Å²) in [4.78, 5) is 15.8. The number of ether oxygens (including phenoxy) is 2. The van der Waals surface area contributed by atoms with E-state index in [1.807, 2.05) is 30.5 Å². The van der Waals surface area contributed by atoms with Crippen molar-refractivity contribution >= 4 is 23.2 Å². The fraction of sp³-hybridized carbons (Fsp3) is 0.296. The van der Waals surface area contributed by atoms with E-state index in [0.717, 1.165) is 65.2 Å². The standard InChI is InChI=1S/C26H28N4O3.CH2O2/c1-3-17-12-20(31)5-7-22(17)24-14-25-23(15-27-29-25)26(28-24)30-9-8-18-13-21(33-11-10-32-2)6-4-19(18)16-30;2-1-3/h4-7,12-15,31H,3,8-11,16H2,1-2H3,(H,27,29);1H,(H,2,3). The number of hydrogen-bond acceptors (Lipinski definition) is 7. The number of rotatable bonds is 7. The topological polar surface area (TPSA) is 121 Å². The van der Waals surface area contributed by atoms with Crippen molar-refractivity contribution in [3.05, 3.63) is 65.4 Å². The first kappa shape index (κ1) is 25.0. The number of aryl methyl sites for hydroxylation is 1. The Morgan fingerprint density at radius 2 is 1.97 bits per heavy atom. The number of benzene rings is 2. The minimum Gasteiger partial charge on any atom is -0.508 e. The van der Waals surface area contributed by atoms with Crippen LogP contribution in [0.5, 0.6) is 11.5 Å². The van der Waals surface area contributed by atoms with Gasteiger partial charge >= 0.3 is 0 Å². The van der Waals surface area contributed by atoms with Gasteiger partial charge < -0.3 is 24.6 Å². The van der Waals surface area contributed by atoms with E-state index in [4.69, 9.17) is 24.4 Å². The second-order valence-electron chi connectivity index (χ2n) is 8.41. The van der Waals surface area contributed by atoms with Crippen molar-refractivity contribution in [2.45, 2.75) is 26.3 Å². The van der Waals surface area contributed by atoms with Gasteiger partial charge in [-0.3, -0.25) is 9.89 Å². The van der Waals surface area contributed by atoms with Gasteiger partial charge in [0.15, 0.2) is 0 Å². The molecule has 36 heavy (non-hydrogen) atoms. The number of carboxylic acid groups (broad SMARTS) is 1. The molecule has 0 saturated carbocycles. The third-order valence-corrected chi connectivity index (χ3v) is 6.21. The molecule has 0 saturated heterocycles. The summed E-state index contributed by atoms with van der Waals surface area (Å²) in [5.74, 6) is 2.09. The molecule has 2 aromatic carbocycles. The number of fused-ring (bicyclic) bond motifs is 2. The van der Waals surface area contributed by atoms with E-state index in [2.05, 4.69) is 34.2 Å². The molecule has 9 heteroatoms. The maximum atomic E-state index is 9.93. The lowest BCUT2D eigenvalue weighted by atomic mass is 9.98. The van der Waals surface area contributed by atoms with Gasteiger partial charge in [-0.1, -0.05) is 13.0 Å². The molecule has 0 radical (unpaired) electrons. The number of H-pyrrole nitrogens is 1. The third-order valence-electron chi connectivity index (χ3n) is 6.21. The second-order valence-corrected chi connectivity index (χ2v) is 8.41. The van der Waals surface area contributed by atoms with Crippen LogP contribution >= 0.6 is 0 Å². The van der Waals surface area contributed by atoms with Gasteiger partial charge in [-0.05, 0) is 65.9 Å². The lowest BCUT2D eigenvalue weighted by Crippen LogP contribution is -2.31. The maximum absolute atomic E-state index is 9.93. The molecule has 0 unspecified atom stereocenters. The molecular formula is C27H30N4O5. The molecule has 1 aliphatic rings. The Morgan fingerprint density at radius 1 is 1.14 bits per heavy atom. The molecule has 1 aliphatic heterocycles. The Morgan fingerprint density at radius 3 is 2.75 bits per heavy atom. The smallest absolute Gasteiger partial charge is 0.290 e. The van der Waals surface area contributed by atoms with Crippen LogP contribution in [0.4, 0.5) is 5.82 Å². The van der Waals surface area contributed by atoms with Gasteiger partial charge in [0.2, 0.25) is 0 Å². The van der Waals surface area contributed by atoms with Gasteiger partial charge in [-0.2, -0.15) is 5.10 Å². The van der Waals surface area contributed by atoms with Crippen LogP contribution in [0.1, 0.15) is 23.6 Å². The summed E-state index contributed by atoms with van der Waals surface area (Å²) >= 11 is 0. The van der Waals surface area contributed by atoms with Gasteiger partial charge in [0.1, 0.15) is 23.9 Å². The first-order chi connectivity index (χ1) is 17.6. The van der Waals surface area contributed by atoms with Gasteiger partial charge in [0.05, 0.1) is 29.4 Å². The number of aromatic nitrogens is 3. The van der Waals surface area contributed by atoms with E-state index in [-0.39, 0.29) is 12.2 Å². The van der Waals surface area contributed by atoms with Crippen LogP contribution in [-0.2, 0) is 28.9 Å². The summed E-state index contributed by atoms with van der Waals surface area (Å²) in [5, 5.41) is 25.2. The number of anilines is 1. The molecule has 5 rings (SSSR count). The maximum Gasteiger partial charge on any atom is 0.290 e. The fourth-order valence-electron chi connectivity index (χ4n) is 4.47. The summed E-state index contributed by atoms with van der Waals surface area (Å²) in [6.45, 7) is 4.60. The summed E-state index contributed by atoms with van der Waals surface area (Å²) in [7, 11) is 1.68. The highest BCUT2D eigenvalue weighted by molar-refractivity contribution is 5.92. The number of hydrogen-bond donors (Lipinski definition) is 3. The third kappa shape index (κ3) is 5.41. The van der Waals surface area contributed by atoms with Crippen LogP contribution < -0.4 is 9.64 Å². The highest BCUT2D eigenvalue weighted by atomic mass is 16.5. The van der Waals surface area contributed by atoms with Crippen LogP contribution in [0.2, 0.25) is 0 Å². The zero-order valence-electron chi connectivity index (χ0n) is 20.4. The van der Waals surface area contributed by atoms with Crippen molar-refractivity contribution < 1.29 is 24.5 Å². The van der Waals surface area contributed by atoms with E-state index >= 15 is 0 Å². The zero-order chi connectivity index (χ0) is 25.5. The average molecular weight is 491 g/mol. The van der Waals surface area contributed by atoms with Crippen molar-refractivity contribution in [1.82, 2.24) is 15.2 Å². The fourth-order valence-corrected chi connectivity index (χ4v) is 4.47. The Hall–Kier alpha value is -4.11. The number of pyridine rings is 1. The molecule has 188 valence electrons. The molecule has 3 heterocycles. The first-order valence-electron chi connectivity index (χ1n) is 11.8. The Kier molecular flexibility index (Phi) is 8.02. The minimum absolute atomic E-state index is 0.250. The number of methoxy groups -OCH3 is 1. The predicted octanol–water partition coefficient (Wildman–Crippen LogP) is 4.18. The number of carbonyl (C=O) groups is 1. The van der Waals surface area contributed by atoms with Crippen LogP contribution in [-0.4, -0.2) is 58.7 Å². The molecule has 9 nitrogen and oxygen atoms in total. The van der Waals surface area contributed by atoms with Crippen molar-refractivity contribution in [2.24, 2.45) is 0 Å². The Labute approximate surface area is 209 Å². The van der Waals surface area contributed by atoms with Crippen molar-refractivity contribution in [1.29, 1.82) is 0 Å². The van der Waals surface area contributed by atoms with Crippen LogP contribution in [0, 0.1) is 0 Å². The highest BCUT2D eigenvalue weighted by Gasteiger charge is 2.22. The summed E-state index contributed by atoms with van der Waals surface area (Å²) < 4.78 is 10.9. The van der Waals surface area contributed by atoms with Crippen LogP contribution in [0.25, 0.3) is 22.2 Å². The van der Waals surface area contributed by atoms with Crippen molar-refractivity contribution in [3.63, 3.8) is 0 Å². The zero-order valence-corrected chi connectivity index (χ0v) is 20.4. The van der Waals surface area contributed by atoms with Gasteiger partial charge in [0.25, 0.3) is 6.47 Å². The monoisotopic (exact) mass is 490 g/mol. The number of phenols is 1. The van der Waals surface area contributed by atoms with Crippen molar-refractivity contribution in [2.75, 3.05) is 31.8 Å². The number of aromatic amines is 1. The van der Waals surface area contributed by atoms with Gasteiger partial charge in [-0.25, -0.2) is 4.98 Å². The van der Waals surface area contributed by atoms with Crippen LogP contribution in [0.15, 0.2) is 48.7 Å². The van der Waals surface area contributed by atoms with E-state index < -0.39 is 0 Å². The lowest BCUT2D eigenvalue weighted by molar-refractivity contribution is -0.122. The molecule has 0 fully saturated rings. The molecule has 0 bridgehead atoms. The molecule has 0 spiro atoms. The SMILES string of the molecule is CCc1cc(O)ccc1-c1cc2[nH]ncc2c(N2CCc3cc(OCCOC)ccc3C2)n1.O=CO. The molecular weight excluding hydrogens is 460 g/mol. The second kappa shape index (κ2) is 11.5. The van der Waals surface area contributed by atoms with Crippen LogP contribution in [0.3, 0.4) is 0 Å². The van der Waals surface area contributed by atoms with Crippen molar-refractivity contribution in [3.8, 4) is 22.8 Å². The quantitative estimate of drug-likeness (QED) is 0.261. The summed E-state index contributed by atoms with van der Waals surface area (Å²) in [5.41, 5.74) is 6.53. The molecule has 0 amide bonds. The molecule has 2 aromatic heterocycles.